The second kappa shape index (κ2) is 8.39. The molecule has 4 nitrogen and oxygen atoms in total. The number of benzene rings is 1. The summed E-state index contributed by atoms with van der Waals surface area (Å²) < 4.78 is 27.1. The molecule has 0 aliphatic rings. The second-order valence-corrected chi connectivity index (χ2v) is 6.81. The van der Waals surface area contributed by atoms with E-state index >= 15 is 0 Å². The molecule has 0 saturated carbocycles. The van der Waals surface area contributed by atoms with Crippen LogP contribution < -0.4 is 10.0 Å². The lowest BCUT2D eigenvalue weighted by Gasteiger charge is -2.12. The molecule has 1 aromatic carbocycles. The number of nitrogens with one attached hydrogen (secondary N) is 2. The molecule has 1 atom stereocenters. The van der Waals surface area contributed by atoms with Crippen molar-refractivity contribution in [1.29, 1.82) is 0 Å². The van der Waals surface area contributed by atoms with Gasteiger partial charge in [0.15, 0.2) is 0 Å². The maximum atomic E-state index is 12.2. The smallest absolute Gasteiger partial charge is 0.240 e. The molecule has 20 heavy (non-hydrogen) atoms. The van der Waals surface area contributed by atoms with Gasteiger partial charge in [-0.1, -0.05) is 38.3 Å². The van der Waals surface area contributed by atoms with Crippen LogP contribution in [0.2, 0.25) is 0 Å². The molecule has 1 aromatic rings. The first-order chi connectivity index (χ1) is 9.51. The van der Waals surface area contributed by atoms with Gasteiger partial charge in [-0.25, -0.2) is 13.1 Å². The van der Waals surface area contributed by atoms with Crippen LogP contribution in [0.1, 0.15) is 51.1 Å². The third kappa shape index (κ3) is 5.23. The highest BCUT2D eigenvalue weighted by molar-refractivity contribution is 7.89. The number of hydrogen-bond acceptors (Lipinski definition) is 3. The van der Waals surface area contributed by atoms with E-state index in [0.717, 1.165) is 31.2 Å². The summed E-state index contributed by atoms with van der Waals surface area (Å²) in [6.45, 7) is 4.65. The summed E-state index contributed by atoms with van der Waals surface area (Å²) in [5, 5.41) is 3.11. The maximum Gasteiger partial charge on any atom is 0.240 e. The Labute approximate surface area is 123 Å². The molecule has 2 N–H and O–H groups in total. The fraction of sp³-hybridized carbons (Fsp3) is 0.600. The number of rotatable bonds is 9. The fourth-order valence-electron chi connectivity index (χ4n) is 1.96. The maximum absolute atomic E-state index is 12.2. The van der Waals surface area contributed by atoms with Crippen molar-refractivity contribution >= 4 is 10.0 Å². The minimum Gasteiger partial charge on any atom is -0.313 e. The minimum absolute atomic E-state index is 0.134. The Morgan fingerprint density at radius 2 is 1.95 bits per heavy atom. The highest BCUT2D eigenvalue weighted by Crippen LogP contribution is 2.17. The number of hydrogen-bond donors (Lipinski definition) is 2. The highest BCUT2D eigenvalue weighted by Gasteiger charge is 2.14. The molecule has 0 saturated heterocycles. The average molecular weight is 298 g/mol. The predicted octanol–water partition coefficient (Wildman–Crippen LogP) is 2.83. The van der Waals surface area contributed by atoms with Crippen LogP contribution in [0.25, 0.3) is 0 Å². The van der Waals surface area contributed by atoms with Gasteiger partial charge in [0.05, 0.1) is 4.90 Å². The van der Waals surface area contributed by atoms with E-state index in [2.05, 4.69) is 17.0 Å². The molecule has 0 amide bonds. The average Bonchev–Trinajstić information content (AvgIpc) is 2.46. The standard InChI is InChI=1S/C15H26N2O2S/c1-4-5-6-7-11-17-20(18,19)15-10-8-9-14(12-15)13(2)16-3/h8-10,12-13,16-17H,4-7,11H2,1-3H3. The van der Waals surface area contributed by atoms with Crippen LogP contribution in [0.3, 0.4) is 0 Å². The van der Waals surface area contributed by atoms with Gasteiger partial charge >= 0.3 is 0 Å². The van der Waals surface area contributed by atoms with Gasteiger partial charge in [0.25, 0.3) is 0 Å². The van der Waals surface area contributed by atoms with Crippen LogP contribution in [-0.2, 0) is 10.0 Å². The first-order valence-electron chi connectivity index (χ1n) is 7.28. The lowest BCUT2D eigenvalue weighted by Crippen LogP contribution is -2.25. The zero-order valence-electron chi connectivity index (χ0n) is 12.6. The van der Waals surface area contributed by atoms with Gasteiger partial charge in [-0.15, -0.1) is 0 Å². The van der Waals surface area contributed by atoms with Gasteiger partial charge in [-0.3, -0.25) is 0 Å². The molecule has 0 spiro atoms. The third-order valence-electron chi connectivity index (χ3n) is 3.42. The van der Waals surface area contributed by atoms with Crippen molar-refractivity contribution in [2.45, 2.75) is 50.5 Å². The van der Waals surface area contributed by atoms with Gasteiger partial charge in [0.2, 0.25) is 10.0 Å². The zero-order chi connectivity index (χ0) is 15.0. The molecule has 0 aliphatic heterocycles. The van der Waals surface area contributed by atoms with E-state index in [1.807, 2.05) is 20.0 Å². The van der Waals surface area contributed by atoms with Crippen LogP contribution >= 0.6 is 0 Å². The van der Waals surface area contributed by atoms with Crippen LogP contribution in [0, 0.1) is 0 Å². The van der Waals surface area contributed by atoms with Crippen molar-refractivity contribution in [3.8, 4) is 0 Å². The molecule has 114 valence electrons. The van der Waals surface area contributed by atoms with Gasteiger partial charge in [-0.05, 0) is 38.1 Å². The van der Waals surface area contributed by atoms with E-state index in [9.17, 15) is 8.42 Å². The van der Waals surface area contributed by atoms with Gasteiger partial charge in [0, 0.05) is 12.6 Å². The largest absolute Gasteiger partial charge is 0.313 e. The molecule has 0 radical (unpaired) electrons. The normalized spacial score (nSPS) is 13.3. The molecule has 0 fully saturated rings. The summed E-state index contributed by atoms with van der Waals surface area (Å²) in [6, 6.07) is 7.22. The van der Waals surface area contributed by atoms with E-state index in [4.69, 9.17) is 0 Å². The third-order valence-corrected chi connectivity index (χ3v) is 4.88. The fourth-order valence-corrected chi connectivity index (χ4v) is 3.09. The lowest BCUT2D eigenvalue weighted by molar-refractivity contribution is 0.573. The van der Waals surface area contributed by atoms with E-state index < -0.39 is 10.0 Å². The Morgan fingerprint density at radius 3 is 2.60 bits per heavy atom. The van der Waals surface area contributed by atoms with Gasteiger partial charge in [-0.2, -0.15) is 0 Å². The monoisotopic (exact) mass is 298 g/mol. The topological polar surface area (TPSA) is 58.2 Å². The highest BCUT2D eigenvalue weighted by atomic mass is 32.2. The summed E-state index contributed by atoms with van der Waals surface area (Å²) in [7, 11) is -1.53. The lowest BCUT2D eigenvalue weighted by atomic mass is 10.1. The van der Waals surface area contributed by atoms with Crippen molar-refractivity contribution in [3.05, 3.63) is 29.8 Å². The molecular formula is C15H26N2O2S. The van der Waals surface area contributed by atoms with Gasteiger partial charge < -0.3 is 5.32 Å². The van der Waals surface area contributed by atoms with Gasteiger partial charge in [0.1, 0.15) is 0 Å². The Kier molecular flexibility index (Phi) is 7.19. The Morgan fingerprint density at radius 1 is 1.20 bits per heavy atom. The molecule has 1 unspecified atom stereocenters. The Bertz CT molecular complexity index is 500. The minimum atomic E-state index is -3.39. The van der Waals surface area contributed by atoms with Crippen LogP contribution in [0.15, 0.2) is 29.2 Å². The van der Waals surface area contributed by atoms with Crippen molar-refractivity contribution in [3.63, 3.8) is 0 Å². The van der Waals surface area contributed by atoms with E-state index in [1.54, 1.807) is 18.2 Å². The van der Waals surface area contributed by atoms with E-state index in [-0.39, 0.29) is 6.04 Å². The van der Waals surface area contributed by atoms with Crippen molar-refractivity contribution in [2.75, 3.05) is 13.6 Å². The summed E-state index contributed by atoms with van der Waals surface area (Å²) in [5.41, 5.74) is 0.973. The SMILES string of the molecule is CCCCCCNS(=O)(=O)c1cccc(C(C)NC)c1. The molecule has 1 rings (SSSR count). The molecule has 0 aromatic heterocycles. The van der Waals surface area contributed by atoms with Crippen LogP contribution in [0.5, 0.6) is 0 Å². The summed E-state index contributed by atoms with van der Waals surface area (Å²) >= 11 is 0. The first-order valence-corrected chi connectivity index (χ1v) is 8.76. The van der Waals surface area contributed by atoms with Crippen LogP contribution in [0.4, 0.5) is 0 Å². The number of sulfonamides is 1. The van der Waals surface area contributed by atoms with Crippen molar-refractivity contribution < 1.29 is 8.42 Å². The summed E-state index contributed by atoms with van der Waals surface area (Å²) in [4.78, 5) is 0.340. The Hall–Kier alpha value is -0.910. The second-order valence-electron chi connectivity index (χ2n) is 5.04. The molecule has 0 heterocycles. The van der Waals surface area contributed by atoms with E-state index in [1.165, 1.54) is 0 Å². The first kappa shape index (κ1) is 17.1. The predicted molar refractivity (Wildman–Crippen MR) is 83.2 cm³/mol. The van der Waals surface area contributed by atoms with Crippen molar-refractivity contribution in [2.24, 2.45) is 0 Å². The van der Waals surface area contributed by atoms with Crippen molar-refractivity contribution in [1.82, 2.24) is 10.0 Å². The zero-order valence-corrected chi connectivity index (χ0v) is 13.5. The number of unbranched alkanes of at least 4 members (excludes halogenated alkanes) is 3. The molecule has 5 heteroatoms. The summed E-state index contributed by atoms with van der Waals surface area (Å²) in [6.07, 6.45) is 4.25. The van der Waals surface area contributed by atoms with Crippen LogP contribution in [-0.4, -0.2) is 22.0 Å². The van der Waals surface area contributed by atoms with E-state index in [0.29, 0.717) is 11.4 Å². The summed E-state index contributed by atoms with van der Waals surface area (Å²) in [5.74, 6) is 0. The molecule has 0 aliphatic carbocycles. The quantitative estimate of drug-likeness (QED) is 0.689. The Balaban J connectivity index is 2.67. The molecule has 0 bridgehead atoms. The molecular weight excluding hydrogens is 272 g/mol.